The lowest BCUT2D eigenvalue weighted by atomic mass is 9.83. The molecule has 0 heterocycles. The van der Waals surface area contributed by atoms with Crippen LogP contribution in [0.5, 0.6) is 0 Å². The molecule has 0 aliphatic heterocycles. The predicted octanol–water partition coefficient (Wildman–Crippen LogP) is 3.15. The maximum atomic E-state index is 13.1. The number of hydrogen-bond donors (Lipinski definition) is 2. The Balaban J connectivity index is 2.49. The average Bonchev–Trinajstić information content (AvgIpc) is 2.41. The number of benzene rings is 1. The molecule has 0 radical (unpaired) electrons. The highest BCUT2D eigenvalue weighted by atomic mass is 19.1. The summed E-state index contributed by atoms with van der Waals surface area (Å²) in [7, 11) is 0. The van der Waals surface area contributed by atoms with Crippen molar-refractivity contribution in [2.24, 2.45) is 5.41 Å². The molecule has 3 heteroatoms. The summed E-state index contributed by atoms with van der Waals surface area (Å²) in [6.45, 7) is 7.32. The molecule has 1 unspecified atom stereocenters. The van der Waals surface area contributed by atoms with Crippen molar-refractivity contribution >= 4 is 0 Å². The van der Waals surface area contributed by atoms with Crippen LogP contribution < -0.4 is 5.32 Å². The van der Waals surface area contributed by atoms with Gasteiger partial charge in [0.25, 0.3) is 0 Å². The molecule has 1 aromatic rings. The van der Waals surface area contributed by atoms with Crippen molar-refractivity contribution in [2.45, 2.75) is 46.1 Å². The van der Waals surface area contributed by atoms with Crippen molar-refractivity contribution in [3.8, 4) is 0 Å². The number of rotatable bonds is 8. The van der Waals surface area contributed by atoms with E-state index >= 15 is 0 Å². The Morgan fingerprint density at radius 3 is 2.53 bits per heavy atom. The molecule has 0 saturated heterocycles. The Kier molecular flexibility index (Phi) is 6.46. The summed E-state index contributed by atoms with van der Waals surface area (Å²) in [5.41, 5.74) is 0.971. The minimum Gasteiger partial charge on any atom is -0.396 e. The van der Waals surface area contributed by atoms with Gasteiger partial charge in [0, 0.05) is 24.6 Å². The first-order chi connectivity index (χ1) is 9.05. The normalized spacial score (nSPS) is 13.5. The van der Waals surface area contributed by atoms with Gasteiger partial charge in [0.15, 0.2) is 0 Å². The fourth-order valence-electron chi connectivity index (χ4n) is 2.26. The maximum absolute atomic E-state index is 13.1. The second-order valence-corrected chi connectivity index (χ2v) is 5.48. The zero-order chi connectivity index (χ0) is 14.3. The SMILES string of the molecule is CCC(CC)(CO)CNC(C)Cc1cccc(F)c1. The lowest BCUT2D eigenvalue weighted by molar-refractivity contribution is 0.110. The molecule has 1 rings (SSSR count). The molecule has 0 aliphatic carbocycles. The number of nitrogens with one attached hydrogen (secondary N) is 1. The standard InChI is InChI=1S/C16H26FNO/c1-4-16(5-2,12-19)11-18-13(3)9-14-7-6-8-15(17)10-14/h6-8,10,13,18-19H,4-5,9,11-12H2,1-3H3. The molecular formula is C16H26FNO. The van der Waals surface area contributed by atoms with E-state index in [1.807, 2.05) is 6.07 Å². The molecule has 0 amide bonds. The molecule has 2 nitrogen and oxygen atoms in total. The van der Waals surface area contributed by atoms with Gasteiger partial charge in [-0.2, -0.15) is 0 Å². The van der Waals surface area contributed by atoms with Gasteiger partial charge in [-0.1, -0.05) is 26.0 Å². The molecule has 0 bridgehead atoms. The first-order valence-corrected chi connectivity index (χ1v) is 7.14. The van der Waals surface area contributed by atoms with E-state index in [4.69, 9.17) is 0 Å². The molecular weight excluding hydrogens is 241 g/mol. The fraction of sp³-hybridized carbons (Fsp3) is 0.625. The minimum absolute atomic E-state index is 0.0315. The van der Waals surface area contributed by atoms with Crippen molar-refractivity contribution in [3.63, 3.8) is 0 Å². The first kappa shape index (κ1) is 16.1. The second kappa shape index (κ2) is 7.61. The van der Waals surface area contributed by atoms with E-state index in [2.05, 4.69) is 26.1 Å². The van der Waals surface area contributed by atoms with Crippen molar-refractivity contribution < 1.29 is 9.50 Å². The van der Waals surface area contributed by atoms with E-state index in [-0.39, 0.29) is 23.9 Å². The van der Waals surface area contributed by atoms with E-state index in [1.54, 1.807) is 12.1 Å². The molecule has 108 valence electrons. The Bertz CT molecular complexity index is 369. The lowest BCUT2D eigenvalue weighted by Crippen LogP contribution is -2.41. The van der Waals surface area contributed by atoms with Crippen LogP contribution in [-0.4, -0.2) is 24.3 Å². The van der Waals surface area contributed by atoms with Crippen LogP contribution in [0.25, 0.3) is 0 Å². The van der Waals surface area contributed by atoms with Crippen molar-refractivity contribution in [1.29, 1.82) is 0 Å². The van der Waals surface area contributed by atoms with Gasteiger partial charge in [-0.15, -0.1) is 0 Å². The minimum atomic E-state index is -0.184. The van der Waals surface area contributed by atoms with E-state index in [1.165, 1.54) is 6.07 Å². The third kappa shape index (κ3) is 4.92. The number of aliphatic hydroxyl groups is 1. The average molecular weight is 267 g/mol. The summed E-state index contributed by atoms with van der Waals surface area (Å²) >= 11 is 0. The molecule has 2 N–H and O–H groups in total. The highest BCUT2D eigenvalue weighted by Crippen LogP contribution is 2.24. The molecule has 0 fully saturated rings. The smallest absolute Gasteiger partial charge is 0.123 e. The molecule has 0 aromatic heterocycles. The van der Waals surface area contributed by atoms with Gasteiger partial charge in [0.05, 0.1) is 0 Å². The highest BCUT2D eigenvalue weighted by molar-refractivity contribution is 5.17. The predicted molar refractivity (Wildman–Crippen MR) is 77.7 cm³/mol. The molecule has 19 heavy (non-hydrogen) atoms. The summed E-state index contributed by atoms with van der Waals surface area (Å²) in [6.07, 6.45) is 2.71. The lowest BCUT2D eigenvalue weighted by Gasteiger charge is -2.31. The molecule has 1 aromatic carbocycles. The topological polar surface area (TPSA) is 32.3 Å². The largest absolute Gasteiger partial charge is 0.396 e. The number of aliphatic hydroxyl groups excluding tert-OH is 1. The Morgan fingerprint density at radius 2 is 2.00 bits per heavy atom. The van der Waals surface area contributed by atoms with Gasteiger partial charge < -0.3 is 10.4 Å². The summed E-state index contributed by atoms with van der Waals surface area (Å²) in [5, 5.41) is 13.0. The van der Waals surface area contributed by atoms with Gasteiger partial charge in [-0.25, -0.2) is 4.39 Å². The first-order valence-electron chi connectivity index (χ1n) is 7.14. The number of hydrogen-bond acceptors (Lipinski definition) is 2. The molecule has 0 spiro atoms. The molecule has 1 atom stereocenters. The Morgan fingerprint density at radius 1 is 1.32 bits per heavy atom. The molecule has 0 saturated carbocycles. The zero-order valence-corrected chi connectivity index (χ0v) is 12.2. The number of halogens is 1. The second-order valence-electron chi connectivity index (χ2n) is 5.48. The Labute approximate surface area is 116 Å². The van der Waals surface area contributed by atoms with E-state index in [9.17, 15) is 9.50 Å². The van der Waals surface area contributed by atoms with Crippen LogP contribution in [0, 0.1) is 11.2 Å². The van der Waals surface area contributed by atoms with Crippen LogP contribution in [0.15, 0.2) is 24.3 Å². The van der Waals surface area contributed by atoms with E-state index in [0.717, 1.165) is 31.4 Å². The summed E-state index contributed by atoms with van der Waals surface area (Å²) in [4.78, 5) is 0. The monoisotopic (exact) mass is 267 g/mol. The van der Waals surface area contributed by atoms with Crippen molar-refractivity contribution in [2.75, 3.05) is 13.2 Å². The van der Waals surface area contributed by atoms with Crippen LogP contribution >= 0.6 is 0 Å². The summed E-state index contributed by atoms with van der Waals surface area (Å²) < 4.78 is 13.1. The van der Waals surface area contributed by atoms with Gasteiger partial charge >= 0.3 is 0 Å². The van der Waals surface area contributed by atoms with Gasteiger partial charge in [-0.3, -0.25) is 0 Å². The van der Waals surface area contributed by atoms with E-state index in [0.29, 0.717) is 0 Å². The highest BCUT2D eigenvalue weighted by Gasteiger charge is 2.25. The van der Waals surface area contributed by atoms with Crippen LogP contribution in [0.3, 0.4) is 0 Å². The molecule has 0 aliphatic rings. The fourth-order valence-corrected chi connectivity index (χ4v) is 2.26. The van der Waals surface area contributed by atoms with Crippen LogP contribution in [0.1, 0.15) is 39.2 Å². The van der Waals surface area contributed by atoms with Crippen molar-refractivity contribution in [3.05, 3.63) is 35.6 Å². The van der Waals surface area contributed by atoms with Gasteiger partial charge in [0.2, 0.25) is 0 Å². The summed E-state index contributed by atoms with van der Waals surface area (Å²) in [6, 6.07) is 7.00. The van der Waals surface area contributed by atoms with Crippen LogP contribution in [0.2, 0.25) is 0 Å². The van der Waals surface area contributed by atoms with Gasteiger partial charge in [-0.05, 0) is 43.9 Å². The third-order valence-electron chi connectivity index (χ3n) is 4.09. The summed E-state index contributed by atoms with van der Waals surface area (Å²) in [5.74, 6) is -0.184. The van der Waals surface area contributed by atoms with Crippen LogP contribution in [0.4, 0.5) is 4.39 Å². The quantitative estimate of drug-likeness (QED) is 0.758. The van der Waals surface area contributed by atoms with Crippen LogP contribution in [-0.2, 0) is 6.42 Å². The zero-order valence-electron chi connectivity index (χ0n) is 12.2. The maximum Gasteiger partial charge on any atom is 0.123 e. The third-order valence-corrected chi connectivity index (χ3v) is 4.09. The van der Waals surface area contributed by atoms with Crippen molar-refractivity contribution in [1.82, 2.24) is 5.32 Å². The van der Waals surface area contributed by atoms with E-state index < -0.39 is 0 Å². The Hall–Kier alpha value is -0.930. The van der Waals surface area contributed by atoms with Gasteiger partial charge in [0.1, 0.15) is 5.82 Å².